The number of hydrogen-bond donors (Lipinski definition) is 1. The number of carbonyl (C=O) groups excluding carboxylic acids is 2. The lowest BCUT2D eigenvalue weighted by Gasteiger charge is -2.19. The fraction of sp³-hybridized carbons (Fsp3) is 0.368. The van der Waals surface area contributed by atoms with Crippen molar-refractivity contribution >= 4 is 23.2 Å². The normalized spacial score (nSPS) is 17.5. The number of hydrogen-bond acceptors (Lipinski definition) is 6. The Labute approximate surface area is 156 Å². The van der Waals surface area contributed by atoms with Crippen LogP contribution in [-0.4, -0.2) is 38.2 Å². The van der Waals surface area contributed by atoms with Crippen molar-refractivity contribution in [3.63, 3.8) is 0 Å². The number of carbonyl (C=O) groups is 2. The number of rotatable bonds is 7. The van der Waals surface area contributed by atoms with E-state index >= 15 is 0 Å². The lowest BCUT2D eigenvalue weighted by molar-refractivity contribution is -0.130. The molecule has 0 aliphatic carbocycles. The molecule has 0 saturated carbocycles. The third-order valence-electron chi connectivity index (χ3n) is 4.13. The summed E-state index contributed by atoms with van der Waals surface area (Å²) < 4.78 is 16.2. The second-order valence-corrected chi connectivity index (χ2v) is 6.86. The van der Waals surface area contributed by atoms with Gasteiger partial charge in [0, 0.05) is 18.7 Å². The molecule has 1 amide bonds. The molecule has 6 nitrogen and oxygen atoms in total. The van der Waals surface area contributed by atoms with Gasteiger partial charge in [-0.2, -0.15) is 0 Å². The van der Waals surface area contributed by atoms with Crippen molar-refractivity contribution in [1.82, 2.24) is 5.32 Å². The van der Waals surface area contributed by atoms with Crippen LogP contribution in [0.1, 0.15) is 34.2 Å². The van der Waals surface area contributed by atoms with Crippen molar-refractivity contribution in [3.05, 3.63) is 52.2 Å². The molecule has 0 spiro atoms. The highest BCUT2D eigenvalue weighted by Gasteiger charge is 2.27. The zero-order chi connectivity index (χ0) is 18.4. The molecular weight excluding hydrogens is 354 g/mol. The number of nitrogens with one attached hydrogen (secondary N) is 1. The molecule has 1 aliphatic rings. The molecule has 138 valence electrons. The van der Waals surface area contributed by atoms with E-state index in [9.17, 15) is 9.59 Å². The Kier molecular flexibility index (Phi) is 6.25. The van der Waals surface area contributed by atoms with Crippen LogP contribution >= 0.6 is 11.3 Å². The standard InChI is InChI=1S/C19H21NO5S/c1-23-14-8-6-13(7-9-14)17(25-19(22)16-5-3-11-26-16)18(21)20-12-15-4-2-10-24-15/h3,5-9,11,15,17H,2,4,10,12H2,1H3,(H,20,21)/t15-,17-/m1/s1. The first kappa shape index (κ1) is 18.4. The van der Waals surface area contributed by atoms with Gasteiger partial charge in [0.25, 0.3) is 5.91 Å². The minimum Gasteiger partial charge on any atom is -0.497 e. The summed E-state index contributed by atoms with van der Waals surface area (Å²) >= 11 is 1.27. The number of ether oxygens (including phenoxy) is 3. The maximum absolute atomic E-state index is 12.7. The average molecular weight is 375 g/mol. The third-order valence-corrected chi connectivity index (χ3v) is 4.98. The Morgan fingerprint density at radius 3 is 2.73 bits per heavy atom. The van der Waals surface area contributed by atoms with Gasteiger partial charge in [0.05, 0.1) is 13.2 Å². The summed E-state index contributed by atoms with van der Waals surface area (Å²) in [6.07, 6.45) is 0.901. The molecule has 26 heavy (non-hydrogen) atoms. The van der Waals surface area contributed by atoms with Gasteiger partial charge in [0.1, 0.15) is 10.6 Å². The van der Waals surface area contributed by atoms with Crippen molar-refractivity contribution in [2.75, 3.05) is 20.3 Å². The van der Waals surface area contributed by atoms with E-state index < -0.39 is 12.1 Å². The predicted molar refractivity (Wildman–Crippen MR) is 97.5 cm³/mol. The summed E-state index contributed by atoms with van der Waals surface area (Å²) in [4.78, 5) is 25.5. The first-order valence-electron chi connectivity index (χ1n) is 8.45. The highest BCUT2D eigenvalue weighted by Crippen LogP contribution is 2.24. The smallest absolute Gasteiger partial charge is 0.349 e. The number of thiophene rings is 1. The Hall–Kier alpha value is -2.38. The molecule has 2 aromatic rings. The minimum absolute atomic E-state index is 0.0171. The van der Waals surface area contributed by atoms with Gasteiger partial charge in [-0.15, -0.1) is 11.3 Å². The summed E-state index contributed by atoms with van der Waals surface area (Å²) in [5.41, 5.74) is 0.584. The SMILES string of the molecule is COc1ccc([C@@H](OC(=O)c2cccs2)C(=O)NC[C@H]2CCCO2)cc1. The van der Waals surface area contributed by atoms with Crippen molar-refractivity contribution in [3.8, 4) is 5.75 Å². The molecule has 2 heterocycles. The molecule has 1 aromatic heterocycles. The fourth-order valence-electron chi connectivity index (χ4n) is 2.72. The third kappa shape index (κ3) is 4.62. The number of methoxy groups -OCH3 is 1. The van der Waals surface area contributed by atoms with Gasteiger partial charge < -0.3 is 19.5 Å². The predicted octanol–water partition coefficient (Wildman–Crippen LogP) is 2.95. The number of esters is 1. The van der Waals surface area contributed by atoms with Crippen LogP contribution in [0.5, 0.6) is 5.75 Å². The second-order valence-electron chi connectivity index (χ2n) is 5.92. The van der Waals surface area contributed by atoms with Crippen LogP contribution in [0.3, 0.4) is 0 Å². The molecule has 1 aliphatic heterocycles. The molecular formula is C19H21NO5S. The number of benzene rings is 1. The van der Waals surface area contributed by atoms with E-state index in [4.69, 9.17) is 14.2 Å². The lowest BCUT2D eigenvalue weighted by atomic mass is 10.1. The van der Waals surface area contributed by atoms with Crippen LogP contribution in [0.4, 0.5) is 0 Å². The van der Waals surface area contributed by atoms with Gasteiger partial charge in [-0.05, 0) is 36.4 Å². The quantitative estimate of drug-likeness (QED) is 0.753. The summed E-state index contributed by atoms with van der Waals surface area (Å²) in [7, 11) is 1.57. The van der Waals surface area contributed by atoms with Gasteiger partial charge in [0.15, 0.2) is 0 Å². The monoisotopic (exact) mass is 375 g/mol. The van der Waals surface area contributed by atoms with E-state index in [-0.39, 0.29) is 12.0 Å². The highest BCUT2D eigenvalue weighted by atomic mass is 32.1. The van der Waals surface area contributed by atoms with E-state index in [0.717, 1.165) is 19.4 Å². The first-order valence-corrected chi connectivity index (χ1v) is 9.33. The van der Waals surface area contributed by atoms with E-state index in [2.05, 4.69) is 5.32 Å². The van der Waals surface area contributed by atoms with Gasteiger partial charge in [-0.3, -0.25) is 4.79 Å². The van der Waals surface area contributed by atoms with Crippen molar-refractivity contribution in [2.45, 2.75) is 25.0 Å². The van der Waals surface area contributed by atoms with Gasteiger partial charge >= 0.3 is 5.97 Å². The number of amides is 1. The fourth-order valence-corrected chi connectivity index (χ4v) is 3.33. The average Bonchev–Trinajstić information content (AvgIpc) is 3.38. The maximum atomic E-state index is 12.7. The largest absolute Gasteiger partial charge is 0.497 e. The maximum Gasteiger partial charge on any atom is 0.349 e. The molecule has 1 N–H and O–H groups in total. The van der Waals surface area contributed by atoms with Crippen LogP contribution < -0.4 is 10.1 Å². The van der Waals surface area contributed by atoms with E-state index in [1.54, 1.807) is 48.9 Å². The molecule has 0 unspecified atom stereocenters. The molecule has 0 radical (unpaired) electrons. The van der Waals surface area contributed by atoms with E-state index in [0.29, 0.717) is 22.7 Å². The van der Waals surface area contributed by atoms with E-state index in [1.165, 1.54) is 11.3 Å². The van der Waals surface area contributed by atoms with Crippen molar-refractivity contribution < 1.29 is 23.8 Å². The topological polar surface area (TPSA) is 73.9 Å². The Bertz CT molecular complexity index is 723. The summed E-state index contributed by atoms with van der Waals surface area (Å²) in [6, 6.07) is 10.3. The Balaban J connectivity index is 1.72. The summed E-state index contributed by atoms with van der Waals surface area (Å²) in [5.74, 6) is -0.222. The molecule has 2 atom stereocenters. The first-order chi connectivity index (χ1) is 12.7. The Morgan fingerprint density at radius 2 is 2.12 bits per heavy atom. The van der Waals surface area contributed by atoms with Crippen LogP contribution in [0.25, 0.3) is 0 Å². The highest BCUT2D eigenvalue weighted by molar-refractivity contribution is 7.11. The molecule has 1 saturated heterocycles. The molecule has 1 fully saturated rings. The van der Waals surface area contributed by atoms with Crippen LogP contribution in [-0.2, 0) is 14.3 Å². The van der Waals surface area contributed by atoms with Gasteiger partial charge in [0.2, 0.25) is 6.10 Å². The van der Waals surface area contributed by atoms with E-state index in [1.807, 2.05) is 0 Å². The second kappa shape index (κ2) is 8.82. The van der Waals surface area contributed by atoms with Crippen LogP contribution in [0.2, 0.25) is 0 Å². The van der Waals surface area contributed by atoms with Gasteiger partial charge in [-0.25, -0.2) is 4.79 Å². The molecule has 7 heteroatoms. The summed E-state index contributed by atoms with van der Waals surface area (Å²) in [5, 5.41) is 4.62. The van der Waals surface area contributed by atoms with Crippen LogP contribution in [0, 0.1) is 0 Å². The zero-order valence-electron chi connectivity index (χ0n) is 14.5. The summed E-state index contributed by atoms with van der Waals surface area (Å²) in [6.45, 7) is 1.12. The molecule has 0 bridgehead atoms. The minimum atomic E-state index is -1.03. The van der Waals surface area contributed by atoms with Crippen molar-refractivity contribution in [1.29, 1.82) is 0 Å². The van der Waals surface area contributed by atoms with Crippen molar-refractivity contribution in [2.24, 2.45) is 0 Å². The zero-order valence-corrected chi connectivity index (χ0v) is 15.3. The lowest BCUT2D eigenvalue weighted by Crippen LogP contribution is -2.36. The Morgan fingerprint density at radius 1 is 1.31 bits per heavy atom. The molecule has 3 rings (SSSR count). The molecule has 1 aromatic carbocycles. The van der Waals surface area contributed by atoms with Crippen LogP contribution in [0.15, 0.2) is 41.8 Å². The van der Waals surface area contributed by atoms with Gasteiger partial charge in [-0.1, -0.05) is 18.2 Å².